The summed E-state index contributed by atoms with van der Waals surface area (Å²) >= 11 is 0.969. The predicted molar refractivity (Wildman–Crippen MR) is 110 cm³/mol. The minimum atomic E-state index is -4.52. The Bertz CT molecular complexity index is 1070. The summed E-state index contributed by atoms with van der Waals surface area (Å²) in [7, 11) is 0. The number of fused-ring (bicyclic) bond motifs is 1. The second-order valence-corrected chi connectivity index (χ2v) is 8.38. The first-order chi connectivity index (χ1) is 14.3. The van der Waals surface area contributed by atoms with Crippen LogP contribution in [-0.2, 0) is 6.18 Å². The third-order valence-corrected chi connectivity index (χ3v) is 6.76. The highest BCUT2D eigenvalue weighted by molar-refractivity contribution is 7.20. The Morgan fingerprint density at radius 1 is 1.27 bits per heavy atom. The Hall–Kier alpha value is -2.46. The highest BCUT2D eigenvalue weighted by Crippen LogP contribution is 2.34. The van der Waals surface area contributed by atoms with Crippen molar-refractivity contribution in [2.45, 2.75) is 38.9 Å². The molecule has 0 unspecified atom stereocenters. The molecular weight excluding hydrogens is 415 g/mol. The molecule has 30 heavy (non-hydrogen) atoms. The van der Waals surface area contributed by atoms with Gasteiger partial charge in [-0.3, -0.25) is 4.79 Å². The van der Waals surface area contributed by atoms with E-state index in [1.54, 1.807) is 19.2 Å². The van der Waals surface area contributed by atoms with Crippen LogP contribution in [0.1, 0.15) is 46.7 Å². The molecule has 3 aromatic heterocycles. The number of nitrogens with one attached hydrogen (secondary N) is 1. The van der Waals surface area contributed by atoms with Crippen LogP contribution in [0.3, 0.4) is 0 Å². The molecule has 0 spiro atoms. The van der Waals surface area contributed by atoms with Gasteiger partial charge in [0.15, 0.2) is 0 Å². The SMILES string of the molecule is CCN1CCC(n2nccc2NC(=O)c2sc3nc(C(F)(F)F)ccc3c2C)CC1. The Morgan fingerprint density at radius 2 is 2.00 bits per heavy atom. The van der Waals surface area contributed by atoms with Crippen molar-refractivity contribution in [1.82, 2.24) is 19.7 Å². The van der Waals surface area contributed by atoms with Crippen LogP contribution >= 0.6 is 11.3 Å². The molecule has 1 amide bonds. The summed E-state index contributed by atoms with van der Waals surface area (Å²) in [6, 6.07) is 4.27. The number of carbonyl (C=O) groups is 1. The van der Waals surface area contributed by atoms with Crippen LogP contribution in [0.2, 0.25) is 0 Å². The van der Waals surface area contributed by atoms with E-state index in [1.165, 1.54) is 6.07 Å². The van der Waals surface area contributed by atoms with Crippen LogP contribution in [0.4, 0.5) is 19.0 Å². The molecule has 4 heterocycles. The zero-order valence-electron chi connectivity index (χ0n) is 16.7. The predicted octanol–water partition coefficient (Wildman–Crippen LogP) is 4.73. The van der Waals surface area contributed by atoms with Gasteiger partial charge >= 0.3 is 6.18 Å². The molecule has 0 radical (unpaired) electrons. The van der Waals surface area contributed by atoms with Gasteiger partial charge in [0.1, 0.15) is 16.3 Å². The molecule has 1 aliphatic rings. The van der Waals surface area contributed by atoms with Crippen molar-refractivity contribution in [2.24, 2.45) is 0 Å². The lowest BCUT2D eigenvalue weighted by molar-refractivity contribution is -0.140. The van der Waals surface area contributed by atoms with Gasteiger partial charge in [-0.1, -0.05) is 6.92 Å². The molecule has 4 rings (SSSR count). The van der Waals surface area contributed by atoms with Crippen molar-refractivity contribution in [2.75, 3.05) is 25.0 Å². The van der Waals surface area contributed by atoms with Crippen molar-refractivity contribution in [3.63, 3.8) is 0 Å². The second-order valence-electron chi connectivity index (χ2n) is 7.38. The first-order valence-electron chi connectivity index (χ1n) is 9.82. The van der Waals surface area contributed by atoms with Crippen LogP contribution in [0.5, 0.6) is 0 Å². The van der Waals surface area contributed by atoms with Gasteiger partial charge in [-0.15, -0.1) is 11.3 Å². The van der Waals surface area contributed by atoms with Crippen molar-refractivity contribution in [1.29, 1.82) is 0 Å². The molecule has 3 aromatic rings. The van der Waals surface area contributed by atoms with Gasteiger partial charge in [-0.2, -0.15) is 18.3 Å². The third kappa shape index (κ3) is 3.93. The average Bonchev–Trinajstić information content (AvgIpc) is 3.31. The van der Waals surface area contributed by atoms with Gasteiger partial charge in [-0.25, -0.2) is 9.67 Å². The van der Waals surface area contributed by atoms with Gasteiger partial charge in [0, 0.05) is 24.5 Å². The molecule has 0 aromatic carbocycles. The van der Waals surface area contributed by atoms with Gasteiger partial charge in [-0.05, 0) is 44.0 Å². The Labute approximate surface area is 175 Å². The molecule has 0 saturated carbocycles. The van der Waals surface area contributed by atoms with E-state index in [-0.39, 0.29) is 16.8 Å². The van der Waals surface area contributed by atoms with E-state index >= 15 is 0 Å². The molecule has 1 aliphatic heterocycles. The molecule has 1 N–H and O–H groups in total. The Kier molecular flexibility index (Phi) is 5.54. The van der Waals surface area contributed by atoms with E-state index in [2.05, 4.69) is 27.2 Å². The maximum Gasteiger partial charge on any atom is 0.433 e. The maximum atomic E-state index is 13.0. The molecule has 1 fully saturated rings. The summed E-state index contributed by atoms with van der Waals surface area (Å²) in [5, 5.41) is 7.83. The molecular formula is C20H22F3N5OS. The number of pyridine rings is 1. The Morgan fingerprint density at radius 3 is 2.67 bits per heavy atom. The molecule has 0 aliphatic carbocycles. The molecule has 0 bridgehead atoms. The van der Waals surface area contributed by atoms with E-state index in [0.717, 1.165) is 49.9 Å². The number of rotatable bonds is 4. The fourth-order valence-electron chi connectivity index (χ4n) is 3.83. The van der Waals surface area contributed by atoms with Crippen LogP contribution < -0.4 is 5.32 Å². The van der Waals surface area contributed by atoms with Crippen LogP contribution in [0.15, 0.2) is 24.4 Å². The number of amides is 1. The standard InChI is InChI=1S/C20H22F3N5OS/c1-3-27-10-7-13(8-11-27)28-16(6-9-24-28)26-18(29)17-12(2)14-4-5-15(20(21,22)23)25-19(14)30-17/h4-6,9,13H,3,7-8,10-11H2,1-2H3,(H,26,29). The summed E-state index contributed by atoms with van der Waals surface area (Å²) in [5.74, 6) is 0.229. The molecule has 6 nitrogen and oxygen atoms in total. The molecule has 160 valence electrons. The highest BCUT2D eigenvalue weighted by atomic mass is 32.1. The summed E-state index contributed by atoms with van der Waals surface area (Å²) in [6.07, 6.45) is -0.972. The summed E-state index contributed by atoms with van der Waals surface area (Å²) in [6.45, 7) is 6.85. The van der Waals surface area contributed by atoms with E-state index < -0.39 is 11.9 Å². The number of piperidine rings is 1. The number of alkyl halides is 3. The number of anilines is 1. The van der Waals surface area contributed by atoms with E-state index in [9.17, 15) is 18.0 Å². The minimum Gasteiger partial charge on any atom is -0.306 e. The topological polar surface area (TPSA) is 63.1 Å². The average molecular weight is 437 g/mol. The van der Waals surface area contributed by atoms with E-state index in [4.69, 9.17) is 0 Å². The number of hydrogen-bond donors (Lipinski definition) is 1. The monoisotopic (exact) mass is 437 g/mol. The number of hydrogen-bond acceptors (Lipinski definition) is 5. The minimum absolute atomic E-state index is 0.202. The number of thiophene rings is 1. The summed E-state index contributed by atoms with van der Waals surface area (Å²) in [5.41, 5.74) is -0.337. The fraction of sp³-hybridized carbons (Fsp3) is 0.450. The van der Waals surface area contributed by atoms with Gasteiger partial charge in [0.25, 0.3) is 5.91 Å². The number of carbonyl (C=O) groups excluding carboxylic acids is 1. The lowest BCUT2D eigenvalue weighted by atomic mass is 10.1. The maximum absolute atomic E-state index is 13.0. The van der Waals surface area contributed by atoms with Crippen molar-refractivity contribution in [3.8, 4) is 0 Å². The number of halogens is 3. The molecule has 0 atom stereocenters. The molecule has 10 heteroatoms. The molecule has 1 saturated heterocycles. The van der Waals surface area contributed by atoms with Crippen LogP contribution in [0, 0.1) is 6.92 Å². The normalized spacial score (nSPS) is 16.3. The van der Waals surface area contributed by atoms with Gasteiger partial charge in [0.05, 0.1) is 17.1 Å². The Balaban J connectivity index is 1.56. The smallest absolute Gasteiger partial charge is 0.306 e. The van der Waals surface area contributed by atoms with Crippen LogP contribution in [0.25, 0.3) is 10.2 Å². The van der Waals surface area contributed by atoms with Crippen molar-refractivity contribution >= 4 is 33.3 Å². The lowest BCUT2D eigenvalue weighted by Gasteiger charge is -2.31. The van der Waals surface area contributed by atoms with E-state index in [1.807, 2.05) is 4.68 Å². The zero-order valence-corrected chi connectivity index (χ0v) is 17.5. The zero-order chi connectivity index (χ0) is 21.5. The fourth-order valence-corrected chi connectivity index (χ4v) is 4.91. The number of aromatic nitrogens is 3. The quantitative estimate of drug-likeness (QED) is 0.641. The van der Waals surface area contributed by atoms with Gasteiger partial charge < -0.3 is 10.2 Å². The second kappa shape index (κ2) is 7.99. The van der Waals surface area contributed by atoms with Crippen molar-refractivity contribution in [3.05, 3.63) is 40.5 Å². The number of nitrogens with zero attached hydrogens (tertiary/aromatic N) is 4. The first-order valence-corrected chi connectivity index (χ1v) is 10.6. The van der Waals surface area contributed by atoms with Gasteiger partial charge in [0.2, 0.25) is 0 Å². The van der Waals surface area contributed by atoms with Crippen LogP contribution in [-0.4, -0.2) is 45.2 Å². The van der Waals surface area contributed by atoms with E-state index in [0.29, 0.717) is 21.6 Å². The third-order valence-electron chi connectivity index (χ3n) is 5.56. The first kappa shape index (κ1) is 20.8. The highest BCUT2D eigenvalue weighted by Gasteiger charge is 2.33. The number of likely N-dealkylation sites (tertiary alicyclic amines) is 1. The number of aryl methyl sites for hydroxylation is 1. The largest absolute Gasteiger partial charge is 0.433 e. The summed E-state index contributed by atoms with van der Waals surface area (Å²) < 4.78 is 40.7. The van der Waals surface area contributed by atoms with Crippen molar-refractivity contribution < 1.29 is 18.0 Å². The summed E-state index contributed by atoms with van der Waals surface area (Å²) in [4.78, 5) is 19.6. The lowest BCUT2D eigenvalue weighted by Crippen LogP contribution is -2.35.